The molecule has 1 fully saturated rings. The molecule has 136 heavy (non-hydrogen) atoms. The molecule has 5 unspecified atom stereocenters. The van der Waals surface area contributed by atoms with Gasteiger partial charge in [-0.25, -0.2) is 29.1 Å². The molecule has 6 aromatic heterocycles. The number of carbonyl (C=O) groups excluding carboxylic acids is 7. The number of nitrogens with zero attached hydrogens (tertiary/aromatic N) is 10. The number of benzene rings is 8. The summed E-state index contributed by atoms with van der Waals surface area (Å²) in [6.45, 7) is 10.7. The minimum Gasteiger partial charge on any atom is -0.497 e. The van der Waals surface area contributed by atoms with E-state index in [1.165, 1.54) is 12.8 Å². The van der Waals surface area contributed by atoms with E-state index in [1.54, 1.807) is 127 Å². The fourth-order valence-corrected chi connectivity index (χ4v) is 19.6. The molecule has 19 rings (SSSR count). The summed E-state index contributed by atoms with van der Waals surface area (Å²) in [6.07, 6.45) is 10.5. The first-order valence-corrected chi connectivity index (χ1v) is 47.2. The maximum Gasteiger partial charge on any atom is 0.416 e. The van der Waals surface area contributed by atoms with E-state index in [9.17, 15) is 33.6 Å². The average Bonchev–Trinajstić information content (AvgIpc) is 1.61. The van der Waals surface area contributed by atoms with Crippen molar-refractivity contribution in [2.24, 2.45) is 0 Å². The molecule has 8 aromatic carbocycles. The normalized spacial score (nSPS) is 16.5. The van der Waals surface area contributed by atoms with E-state index in [0.29, 0.717) is 151 Å². The summed E-state index contributed by atoms with van der Waals surface area (Å²) >= 11 is 25.1. The predicted octanol–water partition coefficient (Wildman–Crippen LogP) is 20.2. The van der Waals surface area contributed by atoms with Gasteiger partial charge in [-0.1, -0.05) is 88.9 Å². The lowest BCUT2D eigenvalue weighted by Crippen LogP contribution is -2.42. The maximum atomic E-state index is 13.3. The van der Waals surface area contributed by atoms with Crippen molar-refractivity contribution in [3.05, 3.63) is 316 Å². The van der Waals surface area contributed by atoms with Crippen LogP contribution in [-0.2, 0) is 46.3 Å². The number of aromatic nitrogens is 7. The van der Waals surface area contributed by atoms with Crippen LogP contribution in [0.4, 0.5) is 25.1 Å². The first-order valence-electron chi connectivity index (χ1n) is 45.7. The number of likely N-dealkylation sites (N-methyl/N-ethyl adjacent to an activating group) is 1. The number of H-pyrrole nitrogens is 4. The number of halogens is 4. The Bertz CT molecular complexity index is 6690. The van der Waals surface area contributed by atoms with Crippen LogP contribution in [0.5, 0.6) is 11.5 Å². The number of carbonyl (C=O) groups is 7. The summed E-state index contributed by atoms with van der Waals surface area (Å²) in [5.41, 5.74) is 18.4. The number of aromatic amines is 4. The molecule has 0 saturated carbocycles. The third kappa shape index (κ3) is 20.9. The van der Waals surface area contributed by atoms with Crippen molar-refractivity contribution in [2.45, 2.75) is 102 Å². The number of ether oxygens (including phenoxy) is 5. The number of anilines is 1. The van der Waals surface area contributed by atoms with Gasteiger partial charge in [0.15, 0.2) is 0 Å². The van der Waals surface area contributed by atoms with Gasteiger partial charge in [-0.05, 0) is 264 Å². The second kappa shape index (κ2) is 42.9. The Labute approximate surface area is 808 Å². The van der Waals surface area contributed by atoms with E-state index in [0.717, 1.165) is 130 Å². The molecule has 14 aromatic rings. The number of nitrogens with one attached hydrogen (secondary N) is 6. The van der Waals surface area contributed by atoms with Crippen molar-refractivity contribution >= 4 is 138 Å². The number of hydrogen-bond donors (Lipinski definition) is 6. The molecule has 6 N–H and O–H groups in total. The molecule has 32 heteroatoms. The summed E-state index contributed by atoms with van der Waals surface area (Å²) in [4.78, 5) is 130. The third-order valence-corrected chi connectivity index (χ3v) is 26.5. The van der Waals surface area contributed by atoms with Crippen LogP contribution < -0.4 is 20.1 Å². The third-order valence-electron chi connectivity index (χ3n) is 25.6. The van der Waals surface area contributed by atoms with E-state index in [-0.39, 0.29) is 54.1 Å². The zero-order chi connectivity index (χ0) is 95.5. The molecule has 5 atom stereocenters. The highest BCUT2D eigenvalue weighted by molar-refractivity contribution is 6.32. The molecular formula is C104H108Cl4N16O12. The van der Waals surface area contributed by atoms with Crippen LogP contribution in [-0.4, -0.2) is 225 Å². The predicted molar refractivity (Wildman–Crippen MR) is 529 cm³/mol. The molecule has 7 amide bonds. The minimum atomic E-state index is -0.454. The number of pyridine rings is 1. The van der Waals surface area contributed by atoms with Gasteiger partial charge in [0.2, 0.25) is 5.95 Å². The summed E-state index contributed by atoms with van der Waals surface area (Å²) < 4.78 is 27.0. The van der Waals surface area contributed by atoms with Crippen molar-refractivity contribution in [1.82, 2.24) is 74.5 Å². The first kappa shape index (κ1) is 95.5. The van der Waals surface area contributed by atoms with Crippen molar-refractivity contribution in [3.63, 3.8) is 0 Å². The largest absolute Gasteiger partial charge is 0.497 e. The highest BCUT2D eigenvalue weighted by Gasteiger charge is 2.41. The molecule has 0 bridgehead atoms. The summed E-state index contributed by atoms with van der Waals surface area (Å²) in [7, 11) is 10.7. The van der Waals surface area contributed by atoms with Gasteiger partial charge in [0.05, 0.1) is 26.9 Å². The molecule has 28 nitrogen and oxygen atoms in total. The summed E-state index contributed by atoms with van der Waals surface area (Å²) in [5.74, 6) is 1.41. The zero-order valence-corrected chi connectivity index (χ0v) is 80.2. The van der Waals surface area contributed by atoms with Crippen molar-refractivity contribution in [1.29, 1.82) is 0 Å². The lowest BCUT2D eigenvalue weighted by Gasteiger charge is -2.35. The summed E-state index contributed by atoms with van der Waals surface area (Å²) in [5, 5.41) is 12.9. The molecule has 0 spiro atoms. The van der Waals surface area contributed by atoms with Gasteiger partial charge in [-0.15, -0.1) is 0 Å². The lowest BCUT2D eigenvalue weighted by molar-refractivity contribution is 0.0793. The van der Waals surface area contributed by atoms with Gasteiger partial charge in [-0.3, -0.25) is 39.0 Å². The molecule has 5 aliphatic heterocycles. The highest BCUT2D eigenvalue weighted by Crippen LogP contribution is 2.46. The second-order valence-corrected chi connectivity index (χ2v) is 35.9. The Hall–Kier alpha value is -13.6. The van der Waals surface area contributed by atoms with Gasteiger partial charge in [0.25, 0.3) is 17.7 Å². The highest BCUT2D eigenvalue weighted by atomic mass is 35.5. The van der Waals surface area contributed by atoms with Crippen LogP contribution in [0.2, 0.25) is 20.1 Å². The van der Waals surface area contributed by atoms with E-state index >= 15 is 0 Å². The number of rotatable bonds is 19. The maximum absolute atomic E-state index is 13.3. The Kier molecular flexibility index (Phi) is 30.2. The quantitative estimate of drug-likeness (QED) is 0.0410. The topological polar surface area (TPSA) is 314 Å². The second-order valence-electron chi connectivity index (χ2n) is 34.1. The Morgan fingerprint density at radius 1 is 0.456 bits per heavy atom. The fraction of sp³-hybridized carbons (Fsp3) is 0.308. The lowest BCUT2D eigenvalue weighted by atomic mass is 9.92. The fourth-order valence-electron chi connectivity index (χ4n) is 18.9. The van der Waals surface area contributed by atoms with Crippen LogP contribution in [0, 0.1) is 0 Å². The smallest absolute Gasteiger partial charge is 0.416 e. The van der Waals surface area contributed by atoms with Crippen molar-refractivity contribution in [3.8, 4) is 11.5 Å². The van der Waals surface area contributed by atoms with Crippen molar-refractivity contribution < 1.29 is 57.2 Å². The van der Waals surface area contributed by atoms with Gasteiger partial charge in [0, 0.05) is 213 Å². The molecular weight excluding hydrogens is 1810 g/mol. The number of fused-ring (bicyclic) bond motifs is 12. The van der Waals surface area contributed by atoms with Crippen LogP contribution in [0.15, 0.2) is 207 Å². The zero-order valence-electron chi connectivity index (χ0n) is 77.1. The number of hydrogen-bond acceptors (Lipinski definition) is 17. The number of amides is 7. The SMILES string of the molecule is CCOC(=O)N1CCc2c([nH]c3ccc(Cl)cc23)C1c1ccc(C(=O)N(C)CCc2ccccn2)cc1.CCOC(=O)N1CCc2c([nH]c3ccc(Cl)cc23)C1c1ccc(C(=O)NCCC2CCCN2C)cc1.CCOC(=O)N1CCc2c([nH]c3ccc(Cl)cc23)C1c1cccc(C(=O)N(C)C)c1.CNc1ncc(C2c3[nH]c4ccc(Cl)cc4c3CCN2C(=O)Oc2ccc(OC)cc2)cn1. The first-order chi connectivity index (χ1) is 65.9. The minimum absolute atomic E-state index is 0.0608. The Morgan fingerprint density at radius 2 is 0.890 bits per heavy atom. The van der Waals surface area contributed by atoms with Gasteiger partial charge in [-0.2, -0.15) is 0 Å². The Balaban J connectivity index is 0.000000132. The molecule has 0 radical (unpaired) electrons. The molecule has 1 saturated heterocycles. The Morgan fingerprint density at radius 3 is 1.30 bits per heavy atom. The van der Waals surface area contributed by atoms with Gasteiger partial charge in [0.1, 0.15) is 35.7 Å². The van der Waals surface area contributed by atoms with E-state index in [4.69, 9.17) is 70.1 Å². The number of likely N-dealkylation sites (tertiary alicyclic amines) is 1. The summed E-state index contributed by atoms with van der Waals surface area (Å²) in [6, 6.07) is 57.3. The van der Waals surface area contributed by atoms with Crippen molar-refractivity contribution in [2.75, 3.05) is 113 Å². The van der Waals surface area contributed by atoms with Crippen LogP contribution >= 0.6 is 46.4 Å². The molecule has 704 valence electrons. The van der Waals surface area contributed by atoms with Gasteiger partial charge >= 0.3 is 24.4 Å². The monoisotopic (exact) mass is 1910 g/mol. The molecule has 11 heterocycles. The molecule has 5 aliphatic rings. The number of methoxy groups -OCH3 is 1. The van der Waals surface area contributed by atoms with Crippen LogP contribution in [0.1, 0.15) is 168 Å². The van der Waals surface area contributed by atoms with E-state index in [1.807, 2.05) is 165 Å². The van der Waals surface area contributed by atoms with Crippen LogP contribution in [0.25, 0.3) is 43.6 Å². The average molecular weight is 1920 g/mol. The van der Waals surface area contributed by atoms with E-state index in [2.05, 4.69) is 57.5 Å². The van der Waals surface area contributed by atoms with Crippen LogP contribution in [0.3, 0.4) is 0 Å². The van der Waals surface area contributed by atoms with Gasteiger partial charge < -0.3 is 69.0 Å². The standard InChI is InChI=1S/C29H29ClN4O3.C28H33ClN4O3.C24H22ClN5O3.C23H24ClN3O3/c1-3-37-29(36)34-17-14-23-24-18-21(30)11-12-25(24)32-26(23)27(34)19-7-9-20(10-8-19)28(35)33(2)16-13-22-6-4-5-15-31-22;1-3-36-28(35)33-16-13-22-23-17-20(29)10-11-24(23)31-25(22)26(33)18-6-8-19(9-7-18)27(34)30-14-12-21-5-4-15-32(21)2;1-26-23-27-12-14(13-28-23)22-21-18(19-11-15(25)3-8-20(19)29-21)9-10-30(22)24(31)33-17-6-4-16(32-2)5-7-17;1-4-30-23(29)27-11-10-17-18-13-16(24)8-9-19(18)25-20(17)21(27)14-6-5-7-15(12-14)22(28)26(2)3/h4-12,15,18,27,32H,3,13-14,16-17H2,1-2H3;6-11,17,21,26,31H,3-5,12-16H2,1-2H3,(H,30,34);3-8,11-13,22,29H,9-10H2,1-2H3,(H,26,27,28);5-9,12-13,21,25H,4,10-11H2,1-3H3. The van der Waals surface area contributed by atoms with E-state index < -0.39 is 12.1 Å². The molecule has 0 aliphatic carbocycles.